The Hall–Kier alpha value is -2.61. The second kappa shape index (κ2) is 10.2. The van der Waals surface area contributed by atoms with E-state index in [1.54, 1.807) is 18.7 Å². The SMILES string of the molecule is CCN1/C(=C/C(C)=c2/s/c(=C3\SC(S)N(CC(=O)O)C3=O)n(CC(=O)O)c2=O)Sc2ccccc21. The number of hydrogen-bond donors (Lipinski definition) is 3. The number of amides is 1. The van der Waals surface area contributed by atoms with Gasteiger partial charge in [0.25, 0.3) is 11.5 Å². The van der Waals surface area contributed by atoms with Crippen LogP contribution in [0.25, 0.3) is 10.5 Å². The van der Waals surface area contributed by atoms with Gasteiger partial charge in [-0.05, 0) is 37.6 Å². The topological polar surface area (TPSA) is 120 Å². The normalized spacial score (nSPS) is 21.1. The van der Waals surface area contributed by atoms with Crippen LogP contribution in [-0.4, -0.2) is 55.3 Å². The van der Waals surface area contributed by atoms with Crippen LogP contribution < -0.4 is 19.7 Å². The summed E-state index contributed by atoms with van der Waals surface area (Å²) in [5, 5.41) is 19.5. The number of benzene rings is 1. The van der Waals surface area contributed by atoms with E-state index < -0.39 is 41.2 Å². The lowest BCUT2D eigenvalue weighted by Crippen LogP contribution is -2.37. The monoisotopic (exact) mass is 551 g/mol. The summed E-state index contributed by atoms with van der Waals surface area (Å²) in [7, 11) is 0. The van der Waals surface area contributed by atoms with Gasteiger partial charge in [0.2, 0.25) is 0 Å². The number of nitrogens with zero attached hydrogens (tertiary/aromatic N) is 3. The second-order valence-corrected chi connectivity index (χ2v) is 11.6. The molecule has 13 heteroatoms. The first-order valence-electron chi connectivity index (χ1n) is 10.4. The summed E-state index contributed by atoms with van der Waals surface area (Å²) < 4.78 is 0.798. The van der Waals surface area contributed by atoms with E-state index in [0.29, 0.717) is 10.1 Å². The standard InChI is InChI=1S/C22H21N3O6S4/c1-3-23-12-6-4-5-7-13(12)33-14(23)8-11(2)17-19(30)24(9-15(26)27)21(34-17)18-20(31)25(10-16(28)29)22(32)35-18/h4-8,22,32H,3,9-10H2,1-2H3,(H,26,27)(H,28,29)/b14-8-,17-11+,21-18-. The van der Waals surface area contributed by atoms with Gasteiger partial charge >= 0.3 is 11.9 Å². The highest BCUT2D eigenvalue weighted by molar-refractivity contribution is 8.18. The average Bonchev–Trinajstić information content (AvgIpc) is 3.40. The lowest BCUT2D eigenvalue weighted by Gasteiger charge is -2.17. The van der Waals surface area contributed by atoms with Gasteiger partial charge in [0.15, 0.2) is 0 Å². The summed E-state index contributed by atoms with van der Waals surface area (Å²) in [6, 6.07) is 7.98. The number of thiazole rings is 1. The molecule has 1 fully saturated rings. The van der Waals surface area contributed by atoms with E-state index in [0.717, 1.165) is 54.7 Å². The number of hydrogen-bond acceptors (Lipinski definition) is 9. The number of carbonyl (C=O) groups excluding carboxylic acids is 1. The minimum atomic E-state index is -1.23. The molecule has 4 rings (SSSR count). The van der Waals surface area contributed by atoms with Crippen molar-refractivity contribution in [3.05, 3.63) is 54.9 Å². The molecule has 1 amide bonds. The summed E-state index contributed by atoms with van der Waals surface area (Å²) in [4.78, 5) is 53.3. The fourth-order valence-electron chi connectivity index (χ4n) is 3.73. The van der Waals surface area contributed by atoms with Crippen LogP contribution in [0, 0.1) is 0 Å². The molecule has 2 N–H and O–H groups in total. The van der Waals surface area contributed by atoms with Crippen molar-refractivity contribution >= 4 is 81.5 Å². The lowest BCUT2D eigenvalue weighted by molar-refractivity contribution is -0.141. The maximum atomic E-state index is 13.3. The Labute approximate surface area is 217 Å². The van der Waals surface area contributed by atoms with Crippen molar-refractivity contribution in [1.82, 2.24) is 9.47 Å². The number of carbonyl (C=O) groups is 3. The molecular formula is C22H21N3O6S4. The van der Waals surface area contributed by atoms with Crippen LogP contribution in [0.4, 0.5) is 5.69 Å². The van der Waals surface area contributed by atoms with Crippen LogP contribution in [0.15, 0.2) is 45.1 Å². The summed E-state index contributed by atoms with van der Waals surface area (Å²) in [5.41, 5.74) is 1.20. The van der Waals surface area contributed by atoms with Crippen molar-refractivity contribution in [1.29, 1.82) is 0 Å². The van der Waals surface area contributed by atoms with E-state index in [9.17, 15) is 24.3 Å². The minimum Gasteiger partial charge on any atom is -0.480 e. The van der Waals surface area contributed by atoms with E-state index in [1.807, 2.05) is 37.3 Å². The summed E-state index contributed by atoms with van der Waals surface area (Å²) in [5.74, 6) is -3.02. The predicted octanol–water partition coefficient (Wildman–Crippen LogP) is 1.62. The Kier molecular flexibility index (Phi) is 7.40. The van der Waals surface area contributed by atoms with Crippen LogP contribution in [0.1, 0.15) is 13.8 Å². The third-order valence-electron chi connectivity index (χ3n) is 5.27. The summed E-state index contributed by atoms with van der Waals surface area (Å²) in [6.45, 7) is 3.37. The molecule has 2 aromatic rings. The molecular weight excluding hydrogens is 531 g/mol. The number of para-hydroxylation sites is 1. The molecule has 1 saturated heterocycles. The molecule has 35 heavy (non-hydrogen) atoms. The molecule has 0 bridgehead atoms. The molecule has 0 spiro atoms. The number of allylic oxidation sites excluding steroid dienone is 1. The van der Waals surface area contributed by atoms with Crippen LogP contribution in [0.2, 0.25) is 0 Å². The Morgan fingerprint density at radius 3 is 2.49 bits per heavy atom. The number of aromatic nitrogens is 1. The zero-order valence-corrected chi connectivity index (χ0v) is 22.0. The summed E-state index contributed by atoms with van der Waals surface area (Å²) >= 11 is 7.90. The molecule has 2 aliphatic rings. The van der Waals surface area contributed by atoms with Crippen molar-refractivity contribution in [2.45, 2.75) is 30.0 Å². The third kappa shape index (κ3) is 4.90. The molecule has 3 heterocycles. The second-order valence-electron chi connectivity index (χ2n) is 7.60. The van der Waals surface area contributed by atoms with Crippen molar-refractivity contribution in [3.63, 3.8) is 0 Å². The zero-order valence-electron chi connectivity index (χ0n) is 18.6. The van der Waals surface area contributed by atoms with Gasteiger partial charge in [-0.3, -0.25) is 23.7 Å². The van der Waals surface area contributed by atoms with Gasteiger partial charge in [0.1, 0.15) is 27.4 Å². The Morgan fingerprint density at radius 2 is 1.83 bits per heavy atom. The van der Waals surface area contributed by atoms with Crippen LogP contribution >= 0.6 is 47.5 Å². The number of rotatable bonds is 6. The highest BCUT2D eigenvalue weighted by atomic mass is 32.2. The molecule has 9 nitrogen and oxygen atoms in total. The third-order valence-corrected chi connectivity index (χ3v) is 9.50. The van der Waals surface area contributed by atoms with Crippen LogP contribution in [0.5, 0.6) is 0 Å². The molecule has 0 aliphatic carbocycles. The minimum absolute atomic E-state index is 0.110. The van der Waals surface area contributed by atoms with E-state index >= 15 is 0 Å². The Bertz CT molecular complexity index is 1440. The van der Waals surface area contributed by atoms with Gasteiger partial charge in [-0.15, -0.1) is 24.0 Å². The van der Waals surface area contributed by atoms with Crippen molar-refractivity contribution in [2.24, 2.45) is 0 Å². The van der Waals surface area contributed by atoms with Crippen molar-refractivity contribution in [3.8, 4) is 0 Å². The number of carboxylic acid groups (broad SMARTS) is 2. The number of carboxylic acids is 2. The fourth-order valence-corrected chi connectivity index (χ4v) is 7.72. The Morgan fingerprint density at radius 1 is 1.14 bits per heavy atom. The first kappa shape index (κ1) is 25.5. The largest absolute Gasteiger partial charge is 0.480 e. The van der Waals surface area contributed by atoms with Gasteiger partial charge in [0.05, 0.1) is 15.2 Å². The molecule has 0 radical (unpaired) electrons. The van der Waals surface area contributed by atoms with Crippen LogP contribution in [-0.2, 0) is 20.9 Å². The highest BCUT2D eigenvalue weighted by Gasteiger charge is 2.37. The maximum Gasteiger partial charge on any atom is 0.323 e. The number of fused-ring (bicyclic) bond motifs is 1. The molecule has 1 aromatic carbocycles. The quantitative estimate of drug-likeness (QED) is 0.460. The summed E-state index contributed by atoms with van der Waals surface area (Å²) in [6.07, 6.45) is 1.89. The van der Waals surface area contributed by atoms with Gasteiger partial charge in [-0.2, -0.15) is 0 Å². The number of thiol groups is 1. The first-order valence-corrected chi connectivity index (χ1v) is 13.5. The van der Waals surface area contributed by atoms with Gasteiger partial charge in [0, 0.05) is 11.4 Å². The number of thioether (sulfide) groups is 2. The molecule has 1 unspecified atom stereocenters. The molecule has 2 aliphatic heterocycles. The molecule has 1 atom stereocenters. The van der Waals surface area contributed by atoms with Crippen LogP contribution in [0.3, 0.4) is 0 Å². The van der Waals surface area contributed by atoms with E-state index in [4.69, 9.17) is 5.11 Å². The van der Waals surface area contributed by atoms with Gasteiger partial charge < -0.3 is 20.0 Å². The fraction of sp³-hybridized carbons (Fsp3) is 0.273. The molecule has 184 valence electrons. The van der Waals surface area contributed by atoms with Gasteiger partial charge in [-0.1, -0.05) is 35.7 Å². The Balaban J connectivity index is 1.88. The van der Waals surface area contributed by atoms with Gasteiger partial charge in [-0.25, -0.2) is 0 Å². The average molecular weight is 552 g/mol. The number of aliphatic carboxylic acids is 2. The van der Waals surface area contributed by atoms with Crippen molar-refractivity contribution < 1.29 is 24.6 Å². The maximum absolute atomic E-state index is 13.3. The first-order chi connectivity index (χ1) is 16.6. The zero-order chi connectivity index (χ0) is 25.4. The highest BCUT2D eigenvalue weighted by Crippen LogP contribution is 2.45. The smallest absolute Gasteiger partial charge is 0.323 e. The predicted molar refractivity (Wildman–Crippen MR) is 141 cm³/mol. The molecule has 1 aromatic heterocycles. The lowest BCUT2D eigenvalue weighted by atomic mass is 10.2. The molecule has 0 saturated carbocycles. The van der Waals surface area contributed by atoms with E-state index in [2.05, 4.69) is 17.5 Å². The van der Waals surface area contributed by atoms with E-state index in [-0.39, 0.29) is 9.57 Å². The van der Waals surface area contributed by atoms with E-state index in [1.165, 1.54) is 0 Å². The van der Waals surface area contributed by atoms with Crippen molar-refractivity contribution in [2.75, 3.05) is 18.0 Å². The number of anilines is 1.